The molecule has 0 unspecified atom stereocenters. The Labute approximate surface area is 141 Å². The Bertz CT molecular complexity index is 682. The highest BCUT2D eigenvalue weighted by molar-refractivity contribution is 6.30. The zero-order valence-corrected chi connectivity index (χ0v) is 13.9. The van der Waals surface area contributed by atoms with Crippen molar-refractivity contribution >= 4 is 29.0 Å². The minimum atomic E-state index is -0.0527. The van der Waals surface area contributed by atoms with Gasteiger partial charge in [-0.15, -0.1) is 0 Å². The number of hydrogen-bond donors (Lipinski definition) is 1. The van der Waals surface area contributed by atoms with E-state index in [2.05, 4.69) is 22.3 Å². The molecular formula is C18H20ClN3O. The van der Waals surface area contributed by atoms with E-state index in [4.69, 9.17) is 11.6 Å². The van der Waals surface area contributed by atoms with Gasteiger partial charge in [-0.2, -0.15) is 0 Å². The van der Waals surface area contributed by atoms with E-state index in [1.165, 1.54) is 5.69 Å². The van der Waals surface area contributed by atoms with Gasteiger partial charge < -0.3 is 15.1 Å². The molecule has 0 saturated carbocycles. The molecule has 3 rings (SSSR count). The molecule has 0 spiro atoms. The number of hydrogen-bond acceptors (Lipinski definition) is 2. The van der Waals surface area contributed by atoms with Crippen LogP contribution in [0.2, 0.25) is 5.02 Å². The van der Waals surface area contributed by atoms with Crippen LogP contribution in [-0.4, -0.2) is 37.1 Å². The predicted octanol–water partition coefficient (Wildman–Crippen LogP) is 4.00. The fourth-order valence-electron chi connectivity index (χ4n) is 2.77. The van der Waals surface area contributed by atoms with Crippen LogP contribution in [0.4, 0.5) is 16.2 Å². The smallest absolute Gasteiger partial charge is 0.321 e. The average molecular weight is 330 g/mol. The van der Waals surface area contributed by atoms with Gasteiger partial charge in [-0.3, -0.25) is 0 Å². The quantitative estimate of drug-likeness (QED) is 0.903. The van der Waals surface area contributed by atoms with Crippen LogP contribution in [0.1, 0.15) is 5.56 Å². The van der Waals surface area contributed by atoms with Crippen molar-refractivity contribution in [3.05, 3.63) is 59.1 Å². The number of nitrogens with zero attached hydrogens (tertiary/aromatic N) is 2. The number of para-hydroxylation sites is 1. The largest absolute Gasteiger partial charge is 0.368 e. The molecule has 120 valence electrons. The Balaban J connectivity index is 1.58. The van der Waals surface area contributed by atoms with Gasteiger partial charge in [0, 0.05) is 42.6 Å². The van der Waals surface area contributed by atoms with Gasteiger partial charge >= 0.3 is 6.03 Å². The molecule has 1 saturated heterocycles. The SMILES string of the molecule is Cc1cc(Cl)ccc1NC(=O)N1CCN(c2ccccc2)CC1. The van der Waals surface area contributed by atoms with Crippen molar-refractivity contribution in [3.63, 3.8) is 0 Å². The van der Waals surface area contributed by atoms with Crippen LogP contribution in [0, 0.1) is 6.92 Å². The molecule has 2 amide bonds. The Hall–Kier alpha value is -2.20. The number of carbonyl (C=O) groups is 1. The highest BCUT2D eigenvalue weighted by Gasteiger charge is 2.21. The molecule has 1 heterocycles. The molecule has 1 fully saturated rings. The fraction of sp³-hybridized carbons (Fsp3) is 0.278. The summed E-state index contributed by atoms with van der Waals surface area (Å²) in [7, 11) is 0. The molecule has 1 aliphatic heterocycles. The number of urea groups is 1. The first kappa shape index (κ1) is 15.7. The van der Waals surface area contributed by atoms with E-state index >= 15 is 0 Å². The van der Waals surface area contributed by atoms with Gasteiger partial charge in [-0.1, -0.05) is 29.8 Å². The van der Waals surface area contributed by atoms with Crippen molar-refractivity contribution in [2.45, 2.75) is 6.92 Å². The Morgan fingerprint density at radius 1 is 1.04 bits per heavy atom. The molecule has 0 bridgehead atoms. The van der Waals surface area contributed by atoms with Crippen molar-refractivity contribution in [1.82, 2.24) is 4.90 Å². The molecule has 2 aromatic carbocycles. The third kappa shape index (κ3) is 3.77. The summed E-state index contributed by atoms with van der Waals surface area (Å²) in [6, 6.07) is 15.7. The predicted molar refractivity (Wildman–Crippen MR) is 95.4 cm³/mol. The second-order valence-corrected chi connectivity index (χ2v) is 6.14. The zero-order chi connectivity index (χ0) is 16.2. The number of aryl methyl sites for hydroxylation is 1. The van der Waals surface area contributed by atoms with Crippen LogP contribution in [0.15, 0.2) is 48.5 Å². The maximum Gasteiger partial charge on any atom is 0.321 e. The molecule has 23 heavy (non-hydrogen) atoms. The average Bonchev–Trinajstić information content (AvgIpc) is 2.58. The number of anilines is 2. The summed E-state index contributed by atoms with van der Waals surface area (Å²) in [6.07, 6.45) is 0. The molecule has 1 aliphatic rings. The Morgan fingerprint density at radius 2 is 1.74 bits per heavy atom. The third-order valence-electron chi connectivity index (χ3n) is 4.12. The van der Waals surface area contributed by atoms with E-state index in [0.717, 1.165) is 24.3 Å². The van der Waals surface area contributed by atoms with E-state index in [-0.39, 0.29) is 6.03 Å². The maximum atomic E-state index is 12.4. The maximum absolute atomic E-state index is 12.4. The van der Waals surface area contributed by atoms with Crippen LogP contribution < -0.4 is 10.2 Å². The number of piperazine rings is 1. The van der Waals surface area contributed by atoms with Crippen molar-refractivity contribution in [2.75, 3.05) is 36.4 Å². The molecular weight excluding hydrogens is 310 g/mol. The van der Waals surface area contributed by atoms with E-state index in [1.807, 2.05) is 42.2 Å². The first-order valence-electron chi connectivity index (χ1n) is 7.75. The number of amides is 2. The summed E-state index contributed by atoms with van der Waals surface area (Å²) >= 11 is 5.95. The first-order valence-corrected chi connectivity index (χ1v) is 8.13. The molecule has 0 aromatic heterocycles. The van der Waals surface area contributed by atoms with Crippen molar-refractivity contribution < 1.29 is 4.79 Å². The lowest BCUT2D eigenvalue weighted by Gasteiger charge is -2.36. The van der Waals surface area contributed by atoms with E-state index in [9.17, 15) is 4.79 Å². The summed E-state index contributed by atoms with van der Waals surface area (Å²) < 4.78 is 0. The zero-order valence-electron chi connectivity index (χ0n) is 13.1. The standard InChI is InChI=1S/C18H20ClN3O/c1-14-13-15(19)7-8-17(14)20-18(23)22-11-9-21(10-12-22)16-5-3-2-4-6-16/h2-8,13H,9-12H2,1H3,(H,20,23). The minimum absolute atomic E-state index is 0.0527. The molecule has 5 heteroatoms. The van der Waals surface area contributed by atoms with Crippen molar-refractivity contribution in [3.8, 4) is 0 Å². The second kappa shape index (κ2) is 6.92. The third-order valence-corrected chi connectivity index (χ3v) is 4.35. The second-order valence-electron chi connectivity index (χ2n) is 5.70. The van der Waals surface area contributed by atoms with Crippen LogP contribution in [0.3, 0.4) is 0 Å². The molecule has 2 aromatic rings. The van der Waals surface area contributed by atoms with Crippen LogP contribution in [0.5, 0.6) is 0 Å². The summed E-state index contributed by atoms with van der Waals surface area (Å²) in [5.74, 6) is 0. The summed E-state index contributed by atoms with van der Waals surface area (Å²) in [4.78, 5) is 16.6. The van der Waals surface area contributed by atoms with E-state index in [1.54, 1.807) is 6.07 Å². The Kier molecular flexibility index (Phi) is 4.72. The number of nitrogens with one attached hydrogen (secondary N) is 1. The van der Waals surface area contributed by atoms with Gasteiger partial charge in [0.15, 0.2) is 0 Å². The number of halogens is 1. The lowest BCUT2D eigenvalue weighted by molar-refractivity contribution is 0.208. The van der Waals surface area contributed by atoms with Crippen molar-refractivity contribution in [1.29, 1.82) is 0 Å². The van der Waals surface area contributed by atoms with Crippen LogP contribution >= 0.6 is 11.6 Å². The van der Waals surface area contributed by atoms with E-state index < -0.39 is 0 Å². The monoisotopic (exact) mass is 329 g/mol. The van der Waals surface area contributed by atoms with Crippen LogP contribution in [0.25, 0.3) is 0 Å². The fourth-order valence-corrected chi connectivity index (χ4v) is 2.99. The molecule has 0 radical (unpaired) electrons. The number of rotatable bonds is 2. The lowest BCUT2D eigenvalue weighted by Crippen LogP contribution is -2.50. The summed E-state index contributed by atoms with van der Waals surface area (Å²) in [6.45, 7) is 5.06. The number of carbonyl (C=O) groups excluding carboxylic acids is 1. The first-order chi connectivity index (χ1) is 11.1. The van der Waals surface area contributed by atoms with Gasteiger partial charge in [0.05, 0.1) is 0 Å². The van der Waals surface area contributed by atoms with Gasteiger partial charge in [-0.05, 0) is 42.8 Å². The van der Waals surface area contributed by atoms with E-state index in [0.29, 0.717) is 18.1 Å². The van der Waals surface area contributed by atoms with Crippen LogP contribution in [-0.2, 0) is 0 Å². The highest BCUT2D eigenvalue weighted by atomic mass is 35.5. The minimum Gasteiger partial charge on any atom is -0.368 e. The Morgan fingerprint density at radius 3 is 2.39 bits per heavy atom. The van der Waals surface area contributed by atoms with Crippen molar-refractivity contribution in [2.24, 2.45) is 0 Å². The normalized spacial score (nSPS) is 14.7. The number of benzene rings is 2. The van der Waals surface area contributed by atoms with Gasteiger partial charge in [0.1, 0.15) is 0 Å². The molecule has 4 nitrogen and oxygen atoms in total. The topological polar surface area (TPSA) is 35.6 Å². The molecule has 0 aliphatic carbocycles. The van der Waals surface area contributed by atoms with Gasteiger partial charge in [-0.25, -0.2) is 4.79 Å². The van der Waals surface area contributed by atoms with Gasteiger partial charge in [0.2, 0.25) is 0 Å². The summed E-state index contributed by atoms with van der Waals surface area (Å²) in [5.41, 5.74) is 2.99. The van der Waals surface area contributed by atoms with Gasteiger partial charge in [0.25, 0.3) is 0 Å². The summed E-state index contributed by atoms with van der Waals surface area (Å²) in [5, 5.41) is 3.65. The highest BCUT2D eigenvalue weighted by Crippen LogP contribution is 2.21. The molecule has 1 N–H and O–H groups in total. The lowest BCUT2D eigenvalue weighted by atomic mass is 10.2. The molecule has 0 atom stereocenters.